The van der Waals surface area contributed by atoms with Crippen LogP contribution in [0.2, 0.25) is 0 Å². The highest BCUT2D eigenvalue weighted by molar-refractivity contribution is 5.89. The predicted molar refractivity (Wildman–Crippen MR) is 72.3 cm³/mol. The Morgan fingerprint density at radius 3 is 2.88 bits per heavy atom. The second kappa shape index (κ2) is 5.19. The molecule has 1 aromatic carbocycles. The van der Waals surface area contributed by atoms with Crippen LogP contribution < -0.4 is 5.32 Å². The van der Waals surface area contributed by atoms with Gasteiger partial charge in [0.05, 0.1) is 5.52 Å². The van der Waals surface area contributed by atoms with Crippen LogP contribution in [0, 0.1) is 0 Å². The van der Waals surface area contributed by atoms with E-state index in [1.165, 1.54) is 0 Å². The van der Waals surface area contributed by atoms with Gasteiger partial charge in [0.25, 0.3) is 0 Å². The van der Waals surface area contributed by atoms with Crippen LogP contribution in [0.5, 0.6) is 0 Å². The lowest BCUT2D eigenvalue weighted by Gasteiger charge is -2.19. The van der Waals surface area contributed by atoms with Crippen molar-refractivity contribution in [3.8, 4) is 0 Å². The van der Waals surface area contributed by atoms with Crippen molar-refractivity contribution >= 4 is 16.7 Å². The maximum Gasteiger partial charge on any atom is 0.155 e. The lowest BCUT2D eigenvalue weighted by Crippen LogP contribution is -2.26. The van der Waals surface area contributed by atoms with Gasteiger partial charge >= 0.3 is 0 Å². The Labute approximate surface area is 102 Å². The Morgan fingerprint density at radius 1 is 1.35 bits per heavy atom. The number of nitrogens with zero attached hydrogens (tertiary/aromatic N) is 2. The number of nitrogens with one attached hydrogen (secondary N) is 2. The lowest BCUT2D eigenvalue weighted by molar-refractivity contribution is 0.304. The van der Waals surface area contributed by atoms with E-state index in [9.17, 15) is 0 Å². The van der Waals surface area contributed by atoms with Crippen LogP contribution in [0.25, 0.3) is 10.9 Å². The number of benzene rings is 1. The Hall–Kier alpha value is -1.55. The summed E-state index contributed by atoms with van der Waals surface area (Å²) in [6, 6.07) is 8.74. The number of hydrogen-bond acceptors (Lipinski definition) is 3. The maximum absolute atomic E-state index is 4.29. The number of fused-ring (bicyclic) bond motifs is 1. The Morgan fingerprint density at radius 2 is 2.12 bits per heavy atom. The smallest absolute Gasteiger partial charge is 0.155 e. The summed E-state index contributed by atoms with van der Waals surface area (Å²) in [5.41, 5.74) is 1.08. The fourth-order valence-corrected chi connectivity index (χ4v) is 1.76. The summed E-state index contributed by atoms with van der Waals surface area (Å²) in [6.07, 6.45) is 1.11. The quantitative estimate of drug-likeness (QED) is 0.831. The number of rotatable bonds is 5. The molecule has 0 aliphatic rings. The lowest BCUT2D eigenvalue weighted by atomic mass is 10.2. The van der Waals surface area contributed by atoms with Gasteiger partial charge in [0.2, 0.25) is 0 Å². The Kier molecular flexibility index (Phi) is 3.64. The van der Waals surface area contributed by atoms with Gasteiger partial charge in [-0.05, 0) is 39.6 Å². The highest BCUT2D eigenvalue weighted by Crippen LogP contribution is 2.19. The van der Waals surface area contributed by atoms with E-state index in [-0.39, 0.29) is 0 Å². The summed E-state index contributed by atoms with van der Waals surface area (Å²) in [7, 11) is 4.21. The number of aromatic nitrogens is 2. The average Bonchev–Trinajstić information content (AvgIpc) is 2.72. The summed E-state index contributed by atoms with van der Waals surface area (Å²) in [5, 5.41) is 11.9. The molecule has 2 rings (SSSR count). The first kappa shape index (κ1) is 11.9. The van der Waals surface area contributed by atoms with Gasteiger partial charge in [0.15, 0.2) is 5.82 Å². The minimum atomic E-state index is 0.577. The molecule has 92 valence electrons. The molecule has 0 spiro atoms. The van der Waals surface area contributed by atoms with Gasteiger partial charge in [-0.15, -0.1) is 0 Å². The molecule has 1 heterocycles. The van der Waals surface area contributed by atoms with Gasteiger partial charge in [-0.25, -0.2) is 0 Å². The fraction of sp³-hybridized carbons (Fsp3) is 0.462. The zero-order valence-corrected chi connectivity index (χ0v) is 10.7. The van der Waals surface area contributed by atoms with Crippen molar-refractivity contribution in [1.29, 1.82) is 0 Å². The topological polar surface area (TPSA) is 44.0 Å². The van der Waals surface area contributed by atoms with E-state index in [4.69, 9.17) is 0 Å². The van der Waals surface area contributed by atoms with Crippen molar-refractivity contribution in [2.45, 2.75) is 19.4 Å². The van der Waals surface area contributed by atoms with Crippen molar-refractivity contribution < 1.29 is 0 Å². The molecule has 2 N–H and O–H groups in total. The minimum Gasteiger partial charge on any atom is -0.368 e. The SMILES string of the molecule is CC(CCNc1n[nH]c2ccccc12)N(C)C. The Bertz CT molecular complexity index is 475. The maximum atomic E-state index is 4.29. The number of anilines is 1. The summed E-state index contributed by atoms with van der Waals surface area (Å²) < 4.78 is 0. The first-order chi connectivity index (χ1) is 8.18. The molecule has 4 heteroatoms. The fourth-order valence-electron chi connectivity index (χ4n) is 1.76. The van der Waals surface area contributed by atoms with Crippen LogP contribution in [0.4, 0.5) is 5.82 Å². The predicted octanol–water partition coefficient (Wildman–Crippen LogP) is 2.32. The zero-order chi connectivity index (χ0) is 12.3. The average molecular weight is 232 g/mol. The highest BCUT2D eigenvalue weighted by atomic mass is 15.2. The number of hydrogen-bond donors (Lipinski definition) is 2. The zero-order valence-electron chi connectivity index (χ0n) is 10.7. The van der Waals surface area contributed by atoms with Crippen molar-refractivity contribution in [3.05, 3.63) is 24.3 Å². The Balaban J connectivity index is 1.95. The van der Waals surface area contributed by atoms with Crippen molar-refractivity contribution in [3.63, 3.8) is 0 Å². The molecule has 0 bridgehead atoms. The van der Waals surface area contributed by atoms with E-state index in [2.05, 4.69) is 47.5 Å². The van der Waals surface area contributed by atoms with Gasteiger partial charge in [0, 0.05) is 18.0 Å². The number of H-pyrrole nitrogens is 1. The molecule has 4 nitrogen and oxygen atoms in total. The first-order valence-electron chi connectivity index (χ1n) is 6.02. The second-order valence-corrected chi connectivity index (χ2v) is 4.65. The third-order valence-corrected chi connectivity index (χ3v) is 3.21. The number of para-hydroxylation sites is 1. The van der Waals surface area contributed by atoms with Crippen molar-refractivity contribution in [2.24, 2.45) is 0 Å². The molecule has 1 aromatic heterocycles. The largest absolute Gasteiger partial charge is 0.368 e. The molecule has 0 amide bonds. The van der Waals surface area contributed by atoms with Crippen molar-refractivity contribution in [2.75, 3.05) is 26.0 Å². The van der Waals surface area contributed by atoms with Crippen LogP contribution in [0.1, 0.15) is 13.3 Å². The van der Waals surface area contributed by atoms with Crippen LogP contribution in [-0.4, -0.2) is 41.8 Å². The van der Waals surface area contributed by atoms with Gasteiger partial charge in [-0.3, -0.25) is 5.10 Å². The molecule has 1 unspecified atom stereocenters. The molecule has 1 atom stereocenters. The van der Waals surface area contributed by atoms with Crippen LogP contribution in [-0.2, 0) is 0 Å². The molecule has 0 fully saturated rings. The van der Waals surface area contributed by atoms with E-state index in [0.29, 0.717) is 6.04 Å². The van der Waals surface area contributed by atoms with E-state index in [1.54, 1.807) is 0 Å². The third kappa shape index (κ3) is 2.77. The van der Waals surface area contributed by atoms with Crippen LogP contribution in [0.3, 0.4) is 0 Å². The first-order valence-corrected chi connectivity index (χ1v) is 6.02. The molecule has 0 aliphatic carbocycles. The number of aromatic amines is 1. The standard InChI is InChI=1S/C13H20N4/c1-10(17(2)3)8-9-14-13-11-6-4-5-7-12(11)15-16-13/h4-7,10H,8-9H2,1-3H3,(H2,14,15,16). The molecular formula is C13H20N4. The van der Waals surface area contributed by atoms with Crippen LogP contribution >= 0.6 is 0 Å². The molecule has 0 saturated carbocycles. The van der Waals surface area contributed by atoms with E-state index in [0.717, 1.165) is 29.7 Å². The van der Waals surface area contributed by atoms with Gasteiger partial charge in [0.1, 0.15) is 0 Å². The monoisotopic (exact) mass is 232 g/mol. The molecule has 0 radical (unpaired) electrons. The summed E-state index contributed by atoms with van der Waals surface area (Å²) >= 11 is 0. The molecule has 17 heavy (non-hydrogen) atoms. The molecule has 2 aromatic rings. The van der Waals surface area contributed by atoms with Gasteiger partial charge in [-0.2, -0.15) is 5.10 Å². The summed E-state index contributed by atoms with van der Waals surface area (Å²) in [6.45, 7) is 3.17. The van der Waals surface area contributed by atoms with E-state index < -0.39 is 0 Å². The van der Waals surface area contributed by atoms with E-state index >= 15 is 0 Å². The minimum absolute atomic E-state index is 0.577. The van der Waals surface area contributed by atoms with E-state index in [1.807, 2.05) is 18.2 Å². The molecular weight excluding hydrogens is 212 g/mol. The summed E-state index contributed by atoms with van der Waals surface area (Å²) in [4.78, 5) is 2.23. The normalized spacial score (nSPS) is 13.2. The summed E-state index contributed by atoms with van der Waals surface area (Å²) in [5.74, 6) is 0.951. The van der Waals surface area contributed by atoms with Crippen LogP contribution in [0.15, 0.2) is 24.3 Å². The van der Waals surface area contributed by atoms with Gasteiger partial charge < -0.3 is 10.2 Å². The highest BCUT2D eigenvalue weighted by Gasteiger charge is 2.06. The molecule has 0 saturated heterocycles. The third-order valence-electron chi connectivity index (χ3n) is 3.21. The second-order valence-electron chi connectivity index (χ2n) is 4.65. The van der Waals surface area contributed by atoms with Gasteiger partial charge in [-0.1, -0.05) is 12.1 Å². The molecule has 0 aliphatic heterocycles. The van der Waals surface area contributed by atoms with Crippen molar-refractivity contribution in [1.82, 2.24) is 15.1 Å².